The highest BCUT2D eigenvalue weighted by Crippen LogP contribution is 2.24. The lowest BCUT2D eigenvalue weighted by Crippen LogP contribution is -2.31. The molecular formula is C12H21N3OS. The fourth-order valence-electron chi connectivity index (χ4n) is 2.08. The second kappa shape index (κ2) is 6.33. The molecule has 4 nitrogen and oxygen atoms in total. The summed E-state index contributed by atoms with van der Waals surface area (Å²) in [4.78, 5) is 8.10. The normalized spacial score (nSPS) is 19.8. The minimum atomic E-state index is 0.395. The number of rotatable bonds is 6. The Labute approximate surface area is 107 Å². The van der Waals surface area contributed by atoms with Crippen molar-refractivity contribution in [1.29, 1.82) is 0 Å². The Bertz CT molecular complexity index is 336. The standard InChI is InChI=1S/C12H21N3OS/c1-3-15(9-10-5-4-6-16-10)12-14-8-11(17-12)7-13-2/h8,10,13H,3-7,9H2,1-2H3. The quantitative estimate of drug-likeness (QED) is 0.842. The molecule has 1 atom stereocenters. The maximum Gasteiger partial charge on any atom is 0.185 e. The van der Waals surface area contributed by atoms with E-state index in [0.717, 1.165) is 31.4 Å². The first-order valence-corrected chi connectivity index (χ1v) is 7.11. The van der Waals surface area contributed by atoms with Gasteiger partial charge in [0.15, 0.2) is 5.13 Å². The molecule has 1 fully saturated rings. The number of aromatic nitrogens is 1. The smallest absolute Gasteiger partial charge is 0.185 e. The van der Waals surface area contributed by atoms with E-state index in [-0.39, 0.29) is 0 Å². The van der Waals surface area contributed by atoms with E-state index >= 15 is 0 Å². The van der Waals surface area contributed by atoms with E-state index in [1.165, 1.54) is 17.7 Å². The van der Waals surface area contributed by atoms with Gasteiger partial charge in [-0.3, -0.25) is 0 Å². The van der Waals surface area contributed by atoms with Crippen LogP contribution in [0.25, 0.3) is 0 Å². The van der Waals surface area contributed by atoms with Gasteiger partial charge in [0, 0.05) is 37.3 Å². The maximum absolute atomic E-state index is 5.68. The third kappa shape index (κ3) is 3.40. The molecule has 1 N–H and O–H groups in total. The largest absolute Gasteiger partial charge is 0.376 e. The van der Waals surface area contributed by atoms with Crippen LogP contribution in [0.1, 0.15) is 24.6 Å². The fourth-order valence-corrected chi connectivity index (χ4v) is 3.07. The van der Waals surface area contributed by atoms with E-state index in [2.05, 4.69) is 22.1 Å². The van der Waals surface area contributed by atoms with Crippen LogP contribution in [-0.2, 0) is 11.3 Å². The van der Waals surface area contributed by atoms with Crippen molar-refractivity contribution < 1.29 is 4.74 Å². The molecule has 1 unspecified atom stereocenters. The van der Waals surface area contributed by atoms with Gasteiger partial charge in [0.1, 0.15) is 0 Å². The Hall–Kier alpha value is -0.650. The second-order valence-electron chi connectivity index (χ2n) is 4.31. The predicted molar refractivity (Wildman–Crippen MR) is 71.7 cm³/mol. The van der Waals surface area contributed by atoms with Gasteiger partial charge in [0.05, 0.1) is 6.10 Å². The fraction of sp³-hybridized carbons (Fsp3) is 0.750. The molecule has 96 valence electrons. The van der Waals surface area contributed by atoms with Crippen molar-refractivity contribution in [3.05, 3.63) is 11.1 Å². The van der Waals surface area contributed by atoms with Crippen molar-refractivity contribution in [3.63, 3.8) is 0 Å². The lowest BCUT2D eigenvalue weighted by Gasteiger charge is -2.23. The molecule has 1 aliphatic rings. The van der Waals surface area contributed by atoms with E-state index in [4.69, 9.17) is 4.74 Å². The average Bonchev–Trinajstić information content (AvgIpc) is 2.97. The summed E-state index contributed by atoms with van der Waals surface area (Å²) in [6, 6.07) is 0. The van der Waals surface area contributed by atoms with E-state index in [1.54, 1.807) is 11.3 Å². The topological polar surface area (TPSA) is 37.4 Å². The Morgan fingerprint density at radius 1 is 1.65 bits per heavy atom. The van der Waals surface area contributed by atoms with Gasteiger partial charge in [-0.25, -0.2) is 4.98 Å². The highest BCUT2D eigenvalue weighted by molar-refractivity contribution is 7.15. The van der Waals surface area contributed by atoms with Crippen LogP contribution >= 0.6 is 11.3 Å². The molecule has 0 bridgehead atoms. The zero-order valence-corrected chi connectivity index (χ0v) is 11.4. The van der Waals surface area contributed by atoms with Crippen molar-refractivity contribution in [1.82, 2.24) is 10.3 Å². The van der Waals surface area contributed by atoms with Crippen molar-refractivity contribution in [2.75, 3.05) is 31.6 Å². The zero-order chi connectivity index (χ0) is 12.1. The number of anilines is 1. The van der Waals surface area contributed by atoms with Gasteiger partial charge < -0.3 is 15.0 Å². The van der Waals surface area contributed by atoms with Crippen molar-refractivity contribution in [2.45, 2.75) is 32.4 Å². The van der Waals surface area contributed by atoms with Gasteiger partial charge in [-0.15, -0.1) is 11.3 Å². The molecule has 0 spiro atoms. The summed E-state index contributed by atoms with van der Waals surface area (Å²) in [6.07, 6.45) is 4.75. The highest BCUT2D eigenvalue weighted by Gasteiger charge is 2.20. The summed E-state index contributed by atoms with van der Waals surface area (Å²) in [5.74, 6) is 0. The van der Waals surface area contributed by atoms with Crippen molar-refractivity contribution in [3.8, 4) is 0 Å². The summed E-state index contributed by atoms with van der Waals surface area (Å²) in [5, 5.41) is 4.27. The maximum atomic E-state index is 5.68. The molecule has 0 amide bonds. The summed E-state index contributed by atoms with van der Waals surface area (Å²) in [6.45, 7) is 5.96. The van der Waals surface area contributed by atoms with E-state index in [0.29, 0.717) is 6.10 Å². The molecule has 2 heterocycles. The van der Waals surface area contributed by atoms with Gasteiger partial charge in [-0.05, 0) is 26.8 Å². The van der Waals surface area contributed by atoms with Gasteiger partial charge in [0.25, 0.3) is 0 Å². The molecule has 0 aromatic carbocycles. The number of thiazole rings is 1. The summed E-state index contributed by atoms with van der Waals surface area (Å²) in [5.41, 5.74) is 0. The first kappa shape index (κ1) is 12.8. The number of hydrogen-bond donors (Lipinski definition) is 1. The predicted octanol–water partition coefficient (Wildman–Crippen LogP) is 1.87. The first-order valence-electron chi connectivity index (χ1n) is 6.29. The van der Waals surface area contributed by atoms with Crippen LogP contribution in [0.3, 0.4) is 0 Å². The van der Waals surface area contributed by atoms with Gasteiger partial charge in [0.2, 0.25) is 0 Å². The van der Waals surface area contributed by atoms with Crippen LogP contribution in [0.15, 0.2) is 6.20 Å². The number of ether oxygens (including phenoxy) is 1. The molecule has 5 heteroatoms. The van der Waals surface area contributed by atoms with Gasteiger partial charge in [-0.1, -0.05) is 0 Å². The molecule has 1 aromatic heterocycles. The lowest BCUT2D eigenvalue weighted by atomic mass is 10.2. The number of nitrogens with one attached hydrogen (secondary N) is 1. The van der Waals surface area contributed by atoms with Crippen LogP contribution in [0.4, 0.5) is 5.13 Å². The molecule has 1 aromatic rings. The molecular weight excluding hydrogens is 234 g/mol. The van der Waals surface area contributed by atoms with E-state index in [9.17, 15) is 0 Å². The van der Waals surface area contributed by atoms with E-state index < -0.39 is 0 Å². The minimum absolute atomic E-state index is 0.395. The van der Waals surface area contributed by atoms with Gasteiger partial charge >= 0.3 is 0 Å². The van der Waals surface area contributed by atoms with E-state index in [1.807, 2.05) is 13.2 Å². The van der Waals surface area contributed by atoms with Crippen molar-refractivity contribution in [2.24, 2.45) is 0 Å². The van der Waals surface area contributed by atoms with Gasteiger partial charge in [-0.2, -0.15) is 0 Å². The lowest BCUT2D eigenvalue weighted by molar-refractivity contribution is 0.115. The Morgan fingerprint density at radius 3 is 3.18 bits per heavy atom. The van der Waals surface area contributed by atoms with Crippen LogP contribution in [-0.4, -0.2) is 37.8 Å². The number of hydrogen-bond acceptors (Lipinski definition) is 5. The van der Waals surface area contributed by atoms with Crippen LogP contribution in [0, 0.1) is 0 Å². The van der Waals surface area contributed by atoms with Crippen LogP contribution in [0.5, 0.6) is 0 Å². The number of likely N-dealkylation sites (N-methyl/N-ethyl adjacent to an activating group) is 1. The molecule has 1 aliphatic heterocycles. The summed E-state index contributed by atoms with van der Waals surface area (Å²) >= 11 is 1.77. The highest BCUT2D eigenvalue weighted by atomic mass is 32.1. The molecule has 2 rings (SSSR count). The third-order valence-corrected chi connectivity index (χ3v) is 4.05. The molecule has 0 radical (unpaired) electrons. The molecule has 1 saturated heterocycles. The monoisotopic (exact) mass is 255 g/mol. The third-order valence-electron chi connectivity index (χ3n) is 2.99. The Kier molecular flexibility index (Phi) is 4.76. The Balaban J connectivity index is 1.95. The molecule has 17 heavy (non-hydrogen) atoms. The average molecular weight is 255 g/mol. The number of nitrogens with zero attached hydrogens (tertiary/aromatic N) is 2. The zero-order valence-electron chi connectivity index (χ0n) is 10.6. The summed E-state index contributed by atoms with van der Waals surface area (Å²) < 4.78 is 5.68. The van der Waals surface area contributed by atoms with Crippen LogP contribution in [0.2, 0.25) is 0 Å². The second-order valence-corrected chi connectivity index (χ2v) is 5.41. The SMILES string of the molecule is CCN(CC1CCCO1)c1ncc(CNC)s1. The molecule has 0 aliphatic carbocycles. The first-order chi connectivity index (χ1) is 8.33. The summed E-state index contributed by atoms with van der Waals surface area (Å²) in [7, 11) is 1.96. The van der Waals surface area contributed by atoms with Crippen molar-refractivity contribution >= 4 is 16.5 Å². The Morgan fingerprint density at radius 2 is 2.53 bits per heavy atom. The molecule has 0 saturated carbocycles. The minimum Gasteiger partial charge on any atom is -0.376 e. The van der Waals surface area contributed by atoms with Crippen LogP contribution < -0.4 is 10.2 Å².